The molecule has 1 heterocycles. The molecule has 4 nitrogen and oxygen atoms in total. The van der Waals surface area contributed by atoms with Gasteiger partial charge in [0.2, 0.25) is 0 Å². The van der Waals surface area contributed by atoms with E-state index in [1.54, 1.807) is 18.2 Å². The van der Waals surface area contributed by atoms with Crippen LogP contribution in [0.4, 0.5) is 5.00 Å². The number of fused-ring (bicyclic) bond motifs is 1. The Balaban J connectivity index is 1.64. The van der Waals surface area contributed by atoms with Crippen molar-refractivity contribution in [2.45, 2.75) is 19.3 Å². The van der Waals surface area contributed by atoms with Gasteiger partial charge in [-0.05, 0) is 37.0 Å². The molecule has 0 saturated carbocycles. The maximum atomic E-state index is 12.0. The molecule has 1 aliphatic carbocycles. The van der Waals surface area contributed by atoms with Crippen molar-refractivity contribution in [1.29, 1.82) is 5.26 Å². The van der Waals surface area contributed by atoms with E-state index in [1.165, 1.54) is 16.2 Å². The molecule has 1 N–H and O–H groups in total. The predicted molar refractivity (Wildman–Crippen MR) is 91.6 cm³/mol. The summed E-state index contributed by atoms with van der Waals surface area (Å²) in [6.07, 6.45) is 2.96. The molecule has 1 aliphatic rings. The van der Waals surface area contributed by atoms with E-state index in [1.807, 2.05) is 0 Å². The minimum atomic E-state index is -0.313. The summed E-state index contributed by atoms with van der Waals surface area (Å²) in [5.74, 6) is 0.149. The van der Waals surface area contributed by atoms with E-state index in [9.17, 15) is 10.1 Å². The molecule has 0 aliphatic heterocycles. The van der Waals surface area contributed by atoms with E-state index in [4.69, 9.17) is 27.9 Å². The van der Waals surface area contributed by atoms with E-state index < -0.39 is 0 Å². The van der Waals surface area contributed by atoms with Gasteiger partial charge in [-0.1, -0.05) is 23.2 Å². The van der Waals surface area contributed by atoms with Gasteiger partial charge in [-0.15, -0.1) is 11.3 Å². The first-order chi connectivity index (χ1) is 11.1. The Labute approximate surface area is 147 Å². The number of rotatable bonds is 4. The fourth-order valence-corrected chi connectivity index (χ4v) is 4.03. The molecule has 0 radical (unpaired) electrons. The second-order valence-corrected chi connectivity index (χ2v) is 7.01. The van der Waals surface area contributed by atoms with E-state index in [2.05, 4.69) is 11.4 Å². The van der Waals surface area contributed by atoms with E-state index in [0.717, 1.165) is 24.8 Å². The molecule has 0 unspecified atom stereocenters. The molecule has 0 saturated heterocycles. The number of carbonyl (C=O) groups excluding carboxylic acids is 1. The highest BCUT2D eigenvalue weighted by Crippen LogP contribution is 2.38. The molecule has 0 spiro atoms. The average molecular weight is 367 g/mol. The highest BCUT2D eigenvalue weighted by molar-refractivity contribution is 7.16. The first-order valence-electron chi connectivity index (χ1n) is 7.01. The van der Waals surface area contributed by atoms with Gasteiger partial charge in [0.15, 0.2) is 6.61 Å². The molecule has 1 amide bonds. The highest BCUT2D eigenvalue weighted by atomic mass is 35.5. The van der Waals surface area contributed by atoms with Crippen molar-refractivity contribution >= 4 is 45.4 Å². The van der Waals surface area contributed by atoms with Crippen LogP contribution < -0.4 is 10.1 Å². The fourth-order valence-electron chi connectivity index (χ4n) is 2.49. The molecular weight excluding hydrogens is 355 g/mol. The van der Waals surface area contributed by atoms with Crippen molar-refractivity contribution in [1.82, 2.24) is 0 Å². The Morgan fingerprint density at radius 1 is 1.35 bits per heavy atom. The molecule has 118 valence electrons. The lowest BCUT2D eigenvalue weighted by molar-refractivity contribution is -0.118. The third-order valence-electron chi connectivity index (χ3n) is 3.55. The third kappa shape index (κ3) is 3.45. The molecule has 1 aromatic heterocycles. The number of halogens is 2. The Kier molecular flexibility index (Phi) is 4.76. The predicted octanol–water partition coefficient (Wildman–Crippen LogP) is 4.43. The van der Waals surface area contributed by atoms with Crippen LogP contribution in [-0.4, -0.2) is 12.5 Å². The minimum absolute atomic E-state index is 0.161. The van der Waals surface area contributed by atoms with Gasteiger partial charge in [-0.3, -0.25) is 4.79 Å². The molecule has 0 fully saturated rings. The number of nitrogens with one attached hydrogen (secondary N) is 1. The number of hydrogen-bond acceptors (Lipinski definition) is 4. The van der Waals surface area contributed by atoms with Crippen molar-refractivity contribution in [3.8, 4) is 11.8 Å². The van der Waals surface area contributed by atoms with Gasteiger partial charge in [0.05, 0.1) is 15.6 Å². The number of thiophene rings is 1. The van der Waals surface area contributed by atoms with Gasteiger partial charge in [0.1, 0.15) is 16.8 Å². The minimum Gasteiger partial charge on any atom is -0.484 e. The summed E-state index contributed by atoms with van der Waals surface area (Å²) in [5, 5.41) is 13.5. The quantitative estimate of drug-likeness (QED) is 0.870. The van der Waals surface area contributed by atoms with Crippen LogP contribution in [0.25, 0.3) is 0 Å². The van der Waals surface area contributed by atoms with Crippen LogP contribution in [0, 0.1) is 11.3 Å². The number of amides is 1. The summed E-state index contributed by atoms with van der Waals surface area (Å²) >= 11 is 13.2. The summed E-state index contributed by atoms with van der Waals surface area (Å²) in [5.41, 5.74) is 1.67. The normalized spacial score (nSPS) is 12.6. The Hall–Kier alpha value is -1.74. The smallest absolute Gasteiger partial charge is 0.262 e. The maximum Gasteiger partial charge on any atom is 0.262 e. The number of nitriles is 1. The molecule has 7 heteroatoms. The third-order valence-corrected chi connectivity index (χ3v) is 5.49. The van der Waals surface area contributed by atoms with Gasteiger partial charge >= 0.3 is 0 Å². The first kappa shape index (κ1) is 16.1. The number of hydrogen-bond donors (Lipinski definition) is 1. The monoisotopic (exact) mass is 366 g/mol. The fraction of sp³-hybridized carbons (Fsp3) is 0.250. The molecule has 2 aromatic rings. The lowest BCUT2D eigenvalue weighted by atomic mass is 10.1. The van der Waals surface area contributed by atoms with Crippen molar-refractivity contribution < 1.29 is 9.53 Å². The van der Waals surface area contributed by atoms with Gasteiger partial charge in [-0.2, -0.15) is 5.26 Å². The van der Waals surface area contributed by atoms with Crippen molar-refractivity contribution in [2.24, 2.45) is 0 Å². The highest BCUT2D eigenvalue weighted by Gasteiger charge is 2.23. The number of carbonyl (C=O) groups is 1. The SMILES string of the molecule is N#Cc1c(NC(=O)COc2ccc(Cl)c(Cl)c2)sc2c1CCC2. The number of nitrogens with zero attached hydrogens (tertiary/aromatic N) is 1. The van der Waals surface area contributed by atoms with Crippen molar-refractivity contribution in [2.75, 3.05) is 11.9 Å². The Morgan fingerprint density at radius 3 is 2.91 bits per heavy atom. The van der Waals surface area contributed by atoms with Crippen molar-refractivity contribution in [3.63, 3.8) is 0 Å². The zero-order valence-corrected chi connectivity index (χ0v) is 14.3. The topological polar surface area (TPSA) is 62.1 Å². The number of aryl methyl sites for hydroxylation is 1. The van der Waals surface area contributed by atoms with Crippen LogP contribution in [-0.2, 0) is 17.6 Å². The standard InChI is InChI=1S/C16H12Cl2N2O2S/c17-12-5-4-9(6-13(12)18)22-8-15(21)20-16-11(7-19)10-2-1-3-14(10)23-16/h4-6H,1-3,8H2,(H,20,21). The lowest BCUT2D eigenvalue weighted by Crippen LogP contribution is -2.20. The first-order valence-corrected chi connectivity index (χ1v) is 8.58. The van der Waals surface area contributed by atoms with Crippen LogP contribution >= 0.6 is 34.5 Å². The molecule has 1 aromatic carbocycles. The average Bonchev–Trinajstić information content (AvgIpc) is 3.09. The van der Waals surface area contributed by atoms with Crippen LogP contribution in [0.1, 0.15) is 22.4 Å². The van der Waals surface area contributed by atoms with Gasteiger partial charge in [0, 0.05) is 10.9 Å². The van der Waals surface area contributed by atoms with Gasteiger partial charge in [0.25, 0.3) is 5.91 Å². The Bertz CT molecular complexity index is 811. The zero-order valence-electron chi connectivity index (χ0n) is 12.0. The van der Waals surface area contributed by atoms with E-state index in [-0.39, 0.29) is 12.5 Å². The van der Waals surface area contributed by atoms with Gasteiger partial charge < -0.3 is 10.1 Å². The largest absolute Gasteiger partial charge is 0.484 e. The number of benzene rings is 1. The molecule has 23 heavy (non-hydrogen) atoms. The number of ether oxygens (including phenoxy) is 1. The summed E-state index contributed by atoms with van der Waals surface area (Å²) in [4.78, 5) is 13.2. The van der Waals surface area contributed by atoms with Crippen molar-refractivity contribution in [3.05, 3.63) is 44.2 Å². The van der Waals surface area contributed by atoms with Crippen LogP contribution in [0.15, 0.2) is 18.2 Å². The van der Waals surface area contributed by atoms with E-state index in [0.29, 0.717) is 26.4 Å². The second-order valence-electron chi connectivity index (χ2n) is 5.09. The van der Waals surface area contributed by atoms with Crippen LogP contribution in [0.2, 0.25) is 10.0 Å². The maximum absolute atomic E-state index is 12.0. The van der Waals surface area contributed by atoms with Gasteiger partial charge in [-0.25, -0.2) is 0 Å². The van der Waals surface area contributed by atoms with E-state index >= 15 is 0 Å². The van der Waals surface area contributed by atoms with Crippen LogP contribution in [0.3, 0.4) is 0 Å². The molecule has 3 rings (SSSR count). The summed E-state index contributed by atoms with van der Waals surface area (Å²) in [6, 6.07) is 6.99. The molecule has 0 bridgehead atoms. The molecular formula is C16H12Cl2N2O2S. The molecule has 0 atom stereocenters. The van der Waals surface area contributed by atoms with Crippen LogP contribution in [0.5, 0.6) is 5.75 Å². The number of anilines is 1. The summed E-state index contributed by atoms with van der Waals surface area (Å²) < 4.78 is 5.39. The zero-order chi connectivity index (χ0) is 16.4. The summed E-state index contributed by atoms with van der Waals surface area (Å²) in [7, 11) is 0. The Morgan fingerprint density at radius 2 is 2.17 bits per heavy atom. The lowest BCUT2D eigenvalue weighted by Gasteiger charge is -2.07. The summed E-state index contributed by atoms with van der Waals surface area (Å²) in [6.45, 7) is -0.161. The second kappa shape index (κ2) is 6.79.